The molecule has 1 amide bonds. The summed E-state index contributed by atoms with van der Waals surface area (Å²) < 4.78 is 0. The molecule has 102 valence electrons. The van der Waals surface area contributed by atoms with Gasteiger partial charge in [-0.05, 0) is 43.9 Å². The third kappa shape index (κ3) is 5.56. The molecule has 0 spiro atoms. The van der Waals surface area contributed by atoms with Crippen molar-refractivity contribution in [2.45, 2.75) is 67.2 Å². The van der Waals surface area contributed by atoms with Crippen molar-refractivity contribution >= 4 is 5.91 Å². The molecular formula is C15H31NO. The van der Waals surface area contributed by atoms with Crippen molar-refractivity contribution in [3.05, 3.63) is 0 Å². The predicted octanol–water partition coefficient (Wildman–Crippen LogP) is 4.00. The van der Waals surface area contributed by atoms with E-state index < -0.39 is 0 Å². The average Bonchev–Trinajstić information content (AvgIpc) is 2.31. The van der Waals surface area contributed by atoms with E-state index in [1.54, 1.807) is 0 Å². The largest absolute Gasteiger partial charge is 0.356 e. The summed E-state index contributed by atoms with van der Waals surface area (Å²) in [5, 5.41) is 2.93. The lowest BCUT2D eigenvalue weighted by Crippen LogP contribution is -2.35. The lowest BCUT2D eigenvalue weighted by Gasteiger charge is -2.36. The van der Waals surface area contributed by atoms with Crippen molar-refractivity contribution in [3.63, 3.8) is 0 Å². The van der Waals surface area contributed by atoms with Gasteiger partial charge in [0.1, 0.15) is 0 Å². The molecule has 1 aliphatic rings. The lowest BCUT2D eigenvalue weighted by molar-refractivity contribution is -0.126. The first-order valence-corrected chi connectivity index (χ1v) is 7.23. The summed E-state index contributed by atoms with van der Waals surface area (Å²) in [7, 11) is 0. The maximum Gasteiger partial charge on any atom is 0.223 e. The molecule has 1 fully saturated rings. The van der Waals surface area contributed by atoms with Gasteiger partial charge in [0, 0.05) is 12.5 Å². The molecule has 0 atom stereocenters. The van der Waals surface area contributed by atoms with E-state index in [1.807, 2.05) is 20.8 Å². The molecule has 0 bridgehead atoms. The Bertz CT molecular complexity index is 209. The molecule has 17 heavy (non-hydrogen) atoms. The first-order chi connectivity index (χ1) is 7.95. The van der Waals surface area contributed by atoms with Gasteiger partial charge in [-0.1, -0.05) is 34.6 Å². The highest BCUT2D eigenvalue weighted by atomic mass is 16.1. The van der Waals surface area contributed by atoms with Gasteiger partial charge in [-0.25, -0.2) is 0 Å². The van der Waals surface area contributed by atoms with E-state index in [0.29, 0.717) is 5.41 Å². The fraction of sp³-hybridized carbons (Fsp3) is 0.933. The van der Waals surface area contributed by atoms with Gasteiger partial charge in [0.25, 0.3) is 0 Å². The van der Waals surface area contributed by atoms with E-state index in [4.69, 9.17) is 0 Å². The van der Waals surface area contributed by atoms with Crippen LogP contribution in [-0.2, 0) is 4.79 Å². The molecule has 2 nitrogen and oxygen atoms in total. The number of hydrogen-bond acceptors (Lipinski definition) is 1. The fourth-order valence-electron chi connectivity index (χ4n) is 2.54. The molecule has 2 heteroatoms. The summed E-state index contributed by atoms with van der Waals surface area (Å²) in [5.74, 6) is 1.34. The van der Waals surface area contributed by atoms with Crippen LogP contribution in [0, 0.1) is 17.3 Å². The summed E-state index contributed by atoms with van der Waals surface area (Å²) in [6.07, 6.45) is 4.58. The van der Waals surface area contributed by atoms with E-state index in [2.05, 4.69) is 26.1 Å². The third-order valence-corrected chi connectivity index (χ3v) is 3.67. The second kappa shape index (κ2) is 7.73. The Hall–Kier alpha value is -0.530. The highest BCUT2D eigenvalue weighted by Gasteiger charge is 2.31. The first kappa shape index (κ1) is 16.5. The van der Waals surface area contributed by atoms with E-state index in [0.717, 1.165) is 25.3 Å². The highest BCUT2D eigenvalue weighted by Crippen LogP contribution is 2.39. The van der Waals surface area contributed by atoms with Crippen LogP contribution in [-0.4, -0.2) is 12.5 Å². The zero-order valence-electron chi connectivity index (χ0n) is 12.6. The molecule has 0 aromatic heterocycles. The summed E-state index contributed by atoms with van der Waals surface area (Å²) >= 11 is 0. The SMILES string of the molecule is CC.CCNC(=O)C1CCC(C(C)(C)C)CC1. The van der Waals surface area contributed by atoms with Crippen molar-refractivity contribution in [3.8, 4) is 0 Å². The number of rotatable bonds is 2. The van der Waals surface area contributed by atoms with E-state index >= 15 is 0 Å². The van der Waals surface area contributed by atoms with Crippen LogP contribution in [0.5, 0.6) is 0 Å². The standard InChI is InChI=1S/C13H25NO.C2H6/c1-5-14-12(15)10-6-8-11(9-7-10)13(2,3)4;1-2/h10-11H,5-9H2,1-4H3,(H,14,15);1-2H3. The first-order valence-electron chi connectivity index (χ1n) is 7.23. The minimum Gasteiger partial charge on any atom is -0.356 e. The summed E-state index contributed by atoms with van der Waals surface area (Å²) in [5.41, 5.74) is 0.409. The monoisotopic (exact) mass is 241 g/mol. The van der Waals surface area contributed by atoms with Crippen LogP contribution in [0.25, 0.3) is 0 Å². The minimum atomic E-state index is 0.268. The van der Waals surface area contributed by atoms with Gasteiger partial charge in [0.05, 0.1) is 0 Å². The average molecular weight is 241 g/mol. The Labute approximate surface area is 108 Å². The van der Waals surface area contributed by atoms with Crippen LogP contribution in [0.15, 0.2) is 0 Å². The molecule has 0 aromatic carbocycles. The molecule has 1 N–H and O–H groups in total. The van der Waals surface area contributed by atoms with Gasteiger partial charge in [-0.15, -0.1) is 0 Å². The van der Waals surface area contributed by atoms with Gasteiger partial charge in [-0.3, -0.25) is 4.79 Å². The van der Waals surface area contributed by atoms with E-state index in [9.17, 15) is 4.79 Å². The zero-order valence-corrected chi connectivity index (χ0v) is 12.6. The smallest absolute Gasteiger partial charge is 0.223 e. The van der Waals surface area contributed by atoms with Crippen LogP contribution >= 0.6 is 0 Å². The third-order valence-electron chi connectivity index (χ3n) is 3.67. The number of carbonyl (C=O) groups excluding carboxylic acids is 1. The summed E-state index contributed by atoms with van der Waals surface area (Å²) in [6, 6.07) is 0. The van der Waals surface area contributed by atoms with Crippen LogP contribution in [0.3, 0.4) is 0 Å². The van der Waals surface area contributed by atoms with Crippen molar-refractivity contribution in [2.75, 3.05) is 6.54 Å². The van der Waals surface area contributed by atoms with Crippen molar-refractivity contribution in [1.29, 1.82) is 0 Å². The van der Waals surface area contributed by atoms with Gasteiger partial charge < -0.3 is 5.32 Å². The van der Waals surface area contributed by atoms with Gasteiger partial charge in [0.2, 0.25) is 5.91 Å². The topological polar surface area (TPSA) is 29.1 Å². The van der Waals surface area contributed by atoms with Crippen LogP contribution in [0.2, 0.25) is 0 Å². The molecule has 0 saturated heterocycles. The lowest BCUT2D eigenvalue weighted by atomic mass is 9.70. The Kier molecular flexibility index (Phi) is 7.49. The number of nitrogens with one attached hydrogen (secondary N) is 1. The summed E-state index contributed by atoms with van der Waals surface area (Å²) in [4.78, 5) is 11.6. The van der Waals surface area contributed by atoms with Gasteiger partial charge >= 0.3 is 0 Å². The Balaban J connectivity index is 0.00000121. The minimum absolute atomic E-state index is 0.268. The predicted molar refractivity (Wildman–Crippen MR) is 74.9 cm³/mol. The van der Waals surface area contributed by atoms with Crippen LogP contribution in [0.1, 0.15) is 67.2 Å². The molecule has 0 radical (unpaired) electrons. The Morgan fingerprint density at radius 3 is 1.94 bits per heavy atom. The normalized spacial score (nSPS) is 24.6. The van der Waals surface area contributed by atoms with E-state index in [-0.39, 0.29) is 11.8 Å². The quantitative estimate of drug-likeness (QED) is 0.778. The molecule has 0 heterocycles. The molecule has 0 aromatic rings. The van der Waals surface area contributed by atoms with Gasteiger partial charge in [-0.2, -0.15) is 0 Å². The van der Waals surface area contributed by atoms with Gasteiger partial charge in [0.15, 0.2) is 0 Å². The molecule has 0 unspecified atom stereocenters. The Morgan fingerprint density at radius 1 is 1.12 bits per heavy atom. The Morgan fingerprint density at radius 2 is 1.59 bits per heavy atom. The second-order valence-electron chi connectivity index (χ2n) is 5.81. The second-order valence-corrected chi connectivity index (χ2v) is 5.81. The van der Waals surface area contributed by atoms with E-state index in [1.165, 1.54) is 12.8 Å². The molecule has 1 rings (SSSR count). The molecular weight excluding hydrogens is 210 g/mol. The number of hydrogen-bond donors (Lipinski definition) is 1. The maximum absolute atomic E-state index is 11.6. The molecule has 0 aliphatic heterocycles. The maximum atomic E-state index is 11.6. The fourth-order valence-corrected chi connectivity index (χ4v) is 2.54. The summed E-state index contributed by atoms with van der Waals surface area (Å²) in [6.45, 7) is 13.7. The number of carbonyl (C=O) groups is 1. The van der Waals surface area contributed by atoms with Crippen molar-refractivity contribution in [1.82, 2.24) is 5.32 Å². The zero-order chi connectivity index (χ0) is 13.5. The number of amides is 1. The highest BCUT2D eigenvalue weighted by molar-refractivity contribution is 5.78. The molecule has 1 saturated carbocycles. The molecule has 1 aliphatic carbocycles. The van der Waals surface area contributed by atoms with Crippen LogP contribution < -0.4 is 5.32 Å². The van der Waals surface area contributed by atoms with Crippen molar-refractivity contribution in [2.24, 2.45) is 17.3 Å². The van der Waals surface area contributed by atoms with Crippen LogP contribution in [0.4, 0.5) is 0 Å². The van der Waals surface area contributed by atoms with Crippen molar-refractivity contribution < 1.29 is 4.79 Å².